The van der Waals surface area contributed by atoms with Gasteiger partial charge in [0.1, 0.15) is 5.82 Å². The summed E-state index contributed by atoms with van der Waals surface area (Å²) in [6.45, 7) is 3.85. The molecule has 1 amide bonds. The number of nitrogen functional groups attached to an aromatic ring is 1. The van der Waals surface area contributed by atoms with Crippen molar-refractivity contribution in [3.05, 3.63) is 17.7 Å². The van der Waals surface area contributed by atoms with E-state index in [1.807, 2.05) is 13.8 Å². The number of carbonyl (C=O) groups excluding carboxylic acids is 1. The van der Waals surface area contributed by atoms with Crippen LogP contribution >= 0.6 is 0 Å². The molecule has 70 valence electrons. The van der Waals surface area contributed by atoms with Gasteiger partial charge in [0, 0.05) is 5.92 Å². The highest BCUT2D eigenvalue weighted by Gasteiger charge is 2.11. The zero-order valence-corrected chi connectivity index (χ0v) is 7.61. The van der Waals surface area contributed by atoms with Crippen molar-refractivity contribution < 1.29 is 4.79 Å². The quantitative estimate of drug-likeness (QED) is 0.683. The highest BCUT2D eigenvalue weighted by atomic mass is 16.1. The maximum Gasteiger partial charge on any atom is 0.269 e. The minimum absolute atomic E-state index is 0.0960. The number of hydrogen-bond donors (Lipinski definition) is 2. The number of primary amides is 1. The Kier molecular flexibility index (Phi) is 2.46. The molecule has 4 N–H and O–H groups in total. The predicted molar refractivity (Wildman–Crippen MR) is 49.1 cm³/mol. The Morgan fingerprint density at radius 3 is 2.62 bits per heavy atom. The third-order valence-corrected chi connectivity index (χ3v) is 1.59. The molecule has 5 heteroatoms. The molecule has 1 aromatic rings. The van der Waals surface area contributed by atoms with Crippen LogP contribution < -0.4 is 11.5 Å². The van der Waals surface area contributed by atoms with Crippen molar-refractivity contribution in [2.75, 3.05) is 5.73 Å². The van der Waals surface area contributed by atoms with Crippen LogP contribution in [0.5, 0.6) is 0 Å². The van der Waals surface area contributed by atoms with Gasteiger partial charge in [0.15, 0.2) is 5.69 Å². The lowest BCUT2D eigenvalue weighted by Gasteiger charge is -2.05. The molecule has 0 atom stereocenters. The van der Waals surface area contributed by atoms with Crippen LogP contribution in [-0.4, -0.2) is 15.9 Å². The Hall–Kier alpha value is -1.65. The molecule has 0 aliphatic carbocycles. The molecular weight excluding hydrogens is 168 g/mol. The molecular formula is C8H12N4O. The van der Waals surface area contributed by atoms with Crippen molar-refractivity contribution >= 4 is 11.6 Å². The third-order valence-electron chi connectivity index (χ3n) is 1.59. The van der Waals surface area contributed by atoms with E-state index in [4.69, 9.17) is 11.5 Å². The second kappa shape index (κ2) is 3.38. The molecule has 1 aromatic heterocycles. The number of nitrogens with zero attached hydrogens (tertiary/aromatic N) is 2. The van der Waals surface area contributed by atoms with Crippen LogP contribution in [0, 0.1) is 0 Å². The van der Waals surface area contributed by atoms with Crippen LogP contribution in [0.2, 0.25) is 0 Å². The van der Waals surface area contributed by atoms with E-state index >= 15 is 0 Å². The van der Waals surface area contributed by atoms with Crippen LogP contribution in [0.3, 0.4) is 0 Å². The van der Waals surface area contributed by atoms with Gasteiger partial charge in [-0.1, -0.05) is 13.8 Å². The molecule has 5 nitrogen and oxygen atoms in total. The van der Waals surface area contributed by atoms with Gasteiger partial charge in [0.05, 0.1) is 11.9 Å². The van der Waals surface area contributed by atoms with Crippen LogP contribution in [-0.2, 0) is 0 Å². The molecule has 0 aromatic carbocycles. The number of anilines is 1. The second-order valence-corrected chi connectivity index (χ2v) is 3.05. The molecule has 0 aliphatic rings. The summed E-state index contributed by atoms with van der Waals surface area (Å²) >= 11 is 0. The zero-order chi connectivity index (χ0) is 10.0. The lowest BCUT2D eigenvalue weighted by molar-refractivity contribution is 0.0996. The van der Waals surface area contributed by atoms with E-state index in [1.54, 1.807) is 0 Å². The van der Waals surface area contributed by atoms with Gasteiger partial charge in [0.25, 0.3) is 5.91 Å². The number of nitrogens with two attached hydrogens (primary N) is 2. The van der Waals surface area contributed by atoms with Gasteiger partial charge < -0.3 is 11.5 Å². The first-order valence-corrected chi connectivity index (χ1v) is 3.94. The number of carbonyl (C=O) groups is 1. The Morgan fingerprint density at radius 1 is 1.54 bits per heavy atom. The fourth-order valence-electron chi connectivity index (χ4n) is 0.880. The minimum Gasteiger partial charge on any atom is -0.396 e. The first kappa shape index (κ1) is 9.44. The summed E-state index contributed by atoms with van der Waals surface area (Å²) in [6.07, 6.45) is 1.41. The van der Waals surface area contributed by atoms with E-state index in [9.17, 15) is 4.79 Å². The maximum atomic E-state index is 10.8. The monoisotopic (exact) mass is 180 g/mol. The first-order valence-electron chi connectivity index (χ1n) is 3.94. The van der Waals surface area contributed by atoms with Gasteiger partial charge in [0.2, 0.25) is 0 Å². The van der Waals surface area contributed by atoms with Gasteiger partial charge >= 0.3 is 0 Å². The van der Waals surface area contributed by atoms with E-state index < -0.39 is 5.91 Å². The summed E-state index contributed by atoms with van der Waals surface area (Å²) in [5, 5.41) is 0. The van der Waals surface area contributed by atoms with Gasteiger partial charge in [-0.05, 0) is 0 Å². The smallest absolute Gasteiger partial charge is 0.269 e. The van der Waals surface area contributed by atoms with Crippen LogP contribution in [0.25, 0.3) is 0 Å². The van der Waals surface area contributed by atoms with Crippen molar-refractivity contribution in [1.29, 1.82) is 0 Å². The van der Waals surface area contributed by atoms with Gasteiger partial charge in [-0.2, -0.15) is 0 Å². The average molecular weight is 180 g/mol. The Labute approximate surface area is 76.2 Å². The maximum absolute atomic E-state index is 10.8. The van der Waals surface area contributed by atoms with Crippen molar-refractivity contribution in [2.45, 2.75) is 19.8 Å². The van der Waals surface area contributed by atoms with Crippen molar-refractivity contribution in [3.8, 4) is 0 Å². The molecule has 0 aliphatic heterocycles. The molecule has 0 saturated carbocycles. The van der Waals surface area contributed by atoms with Crippen molar-refractivity contribution in [1.82, 2.24) is 9.97 Å². The lowest BCUT2D eigenvalue weighted by Crippen LogP contribution is -2.17. The van der Waals surface area contributed by atoms with Crippen LogP contribution in [0.15, 0.2) is 6.20 Å². The van der Waals surface area contributed by atoms with Gasteiger partial charge in [-0.15, -0.1) is 0 Å². The molecule has 1 rings (SSSR count). The Bertz CT molecular complexity index is 335. The number of amides is 1. The first-order chi connectivity index (χ1) is 6.02. The van der Waals surface area contributed by atoms with E-state index in [0.29, 0.717) is 5.82 Å². The number of rotatable bonds is 2. The number of aromatic nitrogens is 2. The summed E-state index contributed by atoms with van der Waals surface area (Å²) < 4.78 is 0. The van der Waals surface area contributed by atoms with Crippen molar-refractivity contribution in [3.63, 3.8) is 0 Å². The summed E-state index contributed by atoms with van der Waals surface area (Å²) in [7, 11) is 0. The molecule has 13 heavy (non-hydrogen) atoms. The van der Waals surface area contributed by atoms with Crippen LogP contribution in [0.4, 0.5) is 5.69 Å². The van der Waals surface area contributed by atoms with Crippen LogP contribution in [0.1, 0.15) is 36.1 Å². The summed E-state index contributed by atoms with van der Waals surface area (Å²) in [4.78, 5) is 18.8. The van der Waals surface area contributed by atoms with E-state index in [0.717, 1.165) is 0 Å². The highest BCUT2D eigenvalue weighted by molar-refractivity contribution is 5.95. The fraction of sp³-hybridized carbons (Fsp3) is 0.375. The molecule has 0 radical (unpaired) electrons. The molecule has 0 unspecified atom stereocenters. The molecule has 0 spiro atoms. The zero-order valence-electron chi connectivity index (χ0n) is 7.61. The fourth-order valence-corrected chi connectivity index (χ4v) is 0.880. The second-order valence-electron chi connectivity index (χ2n) is 3.05. The highest BCUT2D eigenvalue weighted by Crippen LogP contribution is 2.12. The largest absolute Gasteiger partial charge is 0.396 e. The van der Waals surface area contributed by atoms with E-state index in [1.165, 1.54) is 6.20 Å². The normalized spacial score (nSPS) is 10.4. The predicted octanol–water partition coefficient (Wildman–Crippen LogP) is 0.281. The third kappa shape index (κ3) is 1.93. The molecule has 0 saturated heterocycles. The summed E-state index contributed by atoms with van der Waals surface area (Å²) in [6, 6.07) is 0. The SMILES string of the molecule is CC(C)c1ncc(N)c(C(N)=O)n1. The topological polar surface area (TPSA) is 94.9 Å². The summed E-state index contributed by atoms with van der Waals surface area (Å²) in [5.74, 6) is 0.100. The summed E-state index contributed by atoms with van der Waals surface area (Å²) in [5.41, 5.74) is 10.9. The molecule has 0 fully saturated rings. The Balaban J connectivity index is 3.19. The molecule has 1 heterocycles. The standard InChI is InChI=1S/C8H12N4O/c1-4(2)8-11-3-5(9)6(12-8)7(10)13/h3-4H,9H2,1-2H3,(H2,10,13). The number of hydrogen-bond acceptors (Lipinski definition) is 4. The van der Waals surface area contributed by atoms with Gasteiger partial charge in [-0.25, -0.2) is 9.97 Å². The van der Waals surface area contributed by atoms with Crippen molar-refractivity contribution in [2.24, 2.45) is 5.73 Å². The molecule has 0 bridgehead atoms. The Morgan fingerprint density at radius 2 is 2.15 bits per heavy atom. The van der Waals surface area contributed by atoms with Gasteiger partial charge in [-0.3, -0.25) is 4.79 Å². The van der Waals surface area contributed by atoms with E-state index in [-0.39, 0.29) is 17.3 Å². The van der Waals surface area contributed by atoms with E-state index in [2.05, 4.69) is 9.97 Å². The average Bonchev–Trinajstić information content (AvgIpc) is 2.04. The minimum atomic E-state index is -0.623. The lowest BCUT2D eigenvalue weighted by atomic mass is 10.2.